The number of isothiocyanates is 1. The van der Waals surface area contributed by atoms with Crippen molar-refractivity contribution >= 4 is 17.4 Å². The van der Waals surface area contributed by atoms with E-state index >= 15 is 0 Å². The van der Waals surface area contributed by atoms with Crippen molar-refractivity contribution in [2.75, 3.05) is 0 Å². The van der Waals surface area contributed by atoms with Crippen molar-refractivity contribution in [2.24, 2.45) is 0 Å². The summed E-state index contributed by atoms with van der Waals surface area (Å²) in [6.07, 6.45) is 0. The van der Waals surface area contributed by atoms with Crippen LogP contribution in [0.4, 0.5) is 0 Å². The van der Waals surface area contributed by atoms with Gasteiger partial charge >= 0.3 is 0 Å². The molecule has 0 heterocycles. The van der Waals surface area contributed by atoms with E-state index in [0.717, 1.165) is 12.1 Å². The maximum atomic E-state index is 7.13. The third-order valence-electron chi connectivity index (χ3n) is 0.770. The second-order valence-corrected chi connectivity index (χ2v) is 2.95. The molecule has 10 heavy (non-hydrogen) atoms. The van der Waals surface area contributed by atoms with E-state index in [9.17, 15) is 0 Å². The van der Waals surface area contributed by atoms with Gasteiger partial charge in [-0.25, -0.2) is 0 Å². The standard InChI is InChI=1S/C6H15N.CNS/c1-5(2)7-6(3)4;2-1-3/h5-7H,1-4H3;/q;-1/p+1. The molecule has 3 heteroatoms. The molecule has 0 aromatic carbocycles. The van der Waals surface area contributed by atoms with E-state index in [-0.39, 0.29) is 0 Å². The highest BCUT2D eigenvalue weighted by Gasteiger charge is 1.96. The van der Waals surface area contributed by atoms with Gasteiger partial charge in [-0.05, 0) is 27.7 Å². The van der Waals surface area contributed by atoms with E-state index in [4.69, 9.17) is 5.41 Å². The van der Waals surface area contributed by atoms with Crippen molar-refractivity contribution in [3.63, 3.8) is 0 Å². The predicted molar refractivity (Wildman–Crippen MR) is 48.2 cm³/mol. The second-order valence-electron chi connectivity index (χ2n) is 2.77. The quantitative estimate of drug-likeness (QED) is 0.475. The van der Waals surface area contributed by atoms with Crippen molar-refractivity contribution in [3.05, 3.63) is 5.41 Å². The van der Waals surface area contributed by atoms with Crippen molar-refractivity contribution in [3.8, 4) is 0 Å². The zero-order valence-electron chi connectivity index (χ0n) is 7.09. The minimum atomic E-state index is 0.750. The molecule has 0 aliphatic carbocycles. The van der Waals surface area contributed by atoms with Crippen LogP contribution in [-0.4, -0.2) is 17.2 Å². The van der Waals surface area contributed by atoms with Crippen LogP contribution in [0, 0.1) is 0 Å². The monoisotopic (exact) mass is 160 g/mol. The van der Waals surface area contributed by atoms with Gasteiger partial charge in [-0.1, -0.05) is 12.2 Å². The number of quaternary nitrogens is 1. The van der Waals surface area contributed by atoms with Gasteiger partial charge in [-0.15, -0.1) is 0 Å². The zero-order valence-corrected chi connectivity index (χ0v) is 7.90. The van der Waals surface area contributed by atoms with E-state index in [0.29, 0.717) is 0 Å². The Labute approximate surface area is 68.5 Å². The topological polar surface area (TPSA) is 38.9 Å². The van der Waals surface area contributed by atoms with Crippen LogP contribution < -0.4 is 5.32 Å². The Morgan fingerprint density at radius 2 is 1.40 bits per heavy atom. The lowest BCUT2D eigenvalue weighted by Crippen LogP contribution is -2.92. The summed E-state index contributed by atoms with van der Waals surface area (Å²) in [4.78, 5) is 0. The molecule has 0 unspecified atom stereocenters. The van der Waals surface area contributed by atoms with Gasteiger partial charge in [0.05, 0.1) is 12.1 Å². The molecular formula is C7H16N2S. The smallest absolute Gasteiger partial charge is 0.0803 e. The molecule has 2 N–H and O–H groups in total. The normalized spacial score (nSPS) is 8.60. The van der Waals surface area contributed by atoms with Gasteiger partial charge in [0.15, 0.2) is 0 Å². The minimum absolute atomic E-state index is 0.750. The Kier molecular flexibility index (Phi) is 10.9. The second kappa shape index (κ2) is 8.76. The first-order valence-electron chi connectivity index (χ1n) is 3.40. The van der Waals surface area contributed by atoms with E-state index in [2.05, 4.69) is 45.2 Å². The Hall–Kier alpha value is -0.240. The molecule has 2 nitrogen and oxygen atoms in total. The molecule has 0 saturated carbocycles. The summed E-state index contributed by atoms with van der Waals surface area (Å²) in [5, 5.41) is 10.8. The van der Waals surface area contributed by atoms with Crippen LogP contribution in [0.15, 0.2) is 0 Å². The van der Waals surface area contributed by atoms with Crippen molar-refractivity contribution < 1.29 is 5.32 Å². The van der Waals surface area contributed by atoms with E-state index in [1.165, 1.54) is 5.16 Å². The molecule has 0 aliphatic heterocycles. The summed E-state index contributed by atoms with van der Waals surface area (Å²) in [7, 11) is 0. The molecule has 60 valence electrons. The molecule has 0 aromatic heterocycles. The summed E-state index contributed by atoms with van der Waals surface area (Å²) in [5.74, 6) is 0. The molecule has 0 saturated heterocycles. The number of hydrogen-bond acceptors (Lipinski definition) is 1. The van der Waals surface area contributed by atoms with Crippen LogP contribution >= 0.6 is 12.2 Å². The summed E-state index contributed by atoms with van der Waals surface area (Å²) in [5.41, 5.74) is 0. The maximum absolute atomic E-state index is 7.13. The molecular weight excluding hydrogens is 144 g/mol. The van der Waals surface area contributed by atoms with Gasteiger partial charge < -0.3 is 10.7 Å². The molecule has 0 atom stereocenters. The van der Waals surface area contributed by atoms with Crippen molar-refractivity contribution in [2.45, 2.75) is 39.8 Å². The maximum Gasteiger partial charge on any atom is 0.0803 e. The third-order valence-corrected chi connectivity index (χ3v) is 0.770. The highest BCUT2D eigenvalue weighted by Crippen LogP contribution is 1.67. The molecule has 0 fully saturated rings. The molecule has 0 bridgehead atoms. The predicted octanol–water partition coefficient (Wildman–Crippen LogP) is 1.03. The Balaban J connectivity index is 0. The largest absolute Gasteiger partial charge is 0.753 e. The molecule has 0 spiro atoms. The van der Waals surface area contributed by atoms with E-state index in [1.54, 1.807) is 0 Å². The first-order valence-corrected chi connectivity index (χ1v) is 3.81. The van der Waals surface area contributed by atoms with E-state index < -0.39 is 0 Å². The molecule has 0 radical (unpaired) electrons. The molecule has 0 aromatic rings. The first-order chi connectivity index (χ1) is 4.54. The summed E-state index contributed by atoms with van der Waals surface area (Å²) in [6, 6.07) is 1.50. The number of hydrogen-bond donors (Lipinski definition) is 1. The fraction of sp³-hybridized carbons (Fsp3) is 0.857. The lowest BCUT2D eigenvalue weighted by molar-refractivity contribution is -0.709. The van der Waals surface area contributed by atoms with E-state index in [1.807, 2.05) is 0 Å². The minimum Gasteiger partial charge on any atom is -0.753 e. The highest BCUT2D eigenvalue weighted by molar-refractivity contribution is 7.78. The van der Waals surface area contributed by atoms with Gasteiger partial charge in [-0.2, -0.15) is 5.16 Å². The molecule has 0 amide bonds. The summed E-state index contributed by atoms with van der Waals surface area (Å²) >= 11 is 3.70. The average Bonchev–Trinajstić information content (AvgIpc) is 1.62. The average molecular weight is 160 g/mol. The molecule has 0 aliphatic rings. The number of thiocarbonyl (C=S) groups is 1. The van der Waals surface area contributed by atoms with Crippen LogP contribution in [0.2, 0.25) is 0 Å². The van der Waals surface area contributed by atoms with Crippen LogP contribution in [0.1, 0.15) is 27.7 Å². The van der Waals surface area contributed by atoms with Crippen LogP contribution in [0.5, 0.6) is 0 Å². The fourth-order valence-corrected chi connectivity index (χ4v) is 0.770. The zero-order chi connectivity index (χ0) is 8.57. The number of nitrogens with two attached hydrogens (primary N) is 1. The fourth-order valence-electron chi connectivity index (χ4n) is 0.770. The van der Waals surface area contributed by atoms with Gasteiger partial charge in [0.2, 0.25) is 0 Å². The van der Waals surface area contributed by atoms with Gasteiger partial charge in [0, 0.05) is 0 Å². The first kappa shape index (κ1) is 12.4. The highest BCUT2D eigenvalue weighted by atomic mass is 32.1. The lowest BCUT2D eigenvalue weighted by atomic mass is 10.3. The number of rotatable bonds is 2. The summed E-state index contributed by atoms with van der Waals surface area (Å²) in [6.45, 7) is 8.83. The van der Waals surface area contributed by atoms with Crippen LogP contribution in [0.25, 0.3) is 5.41 Å². The Morgan fingerprint density at radius 1 is 1.20 bits per heavy atom. The Morgan fingerprint density at radius 3 is 1.40 bits per heavy atom. The third kappa shape index (κ3) is 25.1. The van der Waals surface area contributed by atoms with Crippen LogP contribution in [-0.2, 0) is 0 Å². The lowest BCUT2D eigenvalue weighted by Gasteiger charge is -2.06. The van der Waals surface area contributed by atoms with Crippen molar-refractivity contribution in [1.29, 1.82) is 0 Å². The van der Waals surface area contributed by atoms with Gasteiger partial charge in [0.1, 0.15) is 0 Å². The number of nitrogens with zero attached hydrogens (tertiary/aromatic N) is 1. The van der Waals surface area contributed by atoms with Crippen LogP contribution in [0.3, 0.4) is 0 Å². The van der Waals surface area contributed by atoms with Gasteiger partial charge in [0.25, 0.3) is 0 Å². The SMILES string of the molecule is CC(C)[NH2+]C(C)C.[N-]=C=S. The van der Waals surface area contributed by atoms with Gasteiger partial charge in [-0.3, -0.25) is 0 Å². The molecule has 0 rings (SSSR count). The van der Waals surface area contributed by atoms with Crippen molar-refractivity contribution in [1.82, 2.24) is 0 Å². The summed E-state index contributed by atoms with van der Waals surface area (Å²) < 4.78 is 0. The Bertz CT molecular complexity index is 87.8.